The minimum Gasteiger partial charge on any atom is -0.497 e. The van der Waals surface area contributed by atoms with Crippen molar-refractivity contribution in [3.8, 4) is 5.75 Å². The molecule has 1 fully saturated rings. The highest BCUT2D eigenvalue weighted by Gasteiger charge is 2.10. The third-order valence-electron chi connectivity index (χ3n) is 2.58. The third-order valence-corrected chi connectivity index (χ3v) is 2.58. The van der Waals surface area contributed by atoms with Gasteiger partial charge in [-0.3, -0.25) is 0 Å². The van der Waals surface area contributed by atoms with Gasteiger partial charge in [-0.2, -0.15) is 0 Å². The van der Waals surface area contributed by atoms with E-state index >= 15 is 0 Å². The van der Waals surface area contributed by atoms with Gasteiger partial charge in [0.15, 0.2) is 0 Å². The molecule has 0 amide bonds. The lowest BCUT2D eigenvalue weighted by atomic mass is 10.1. The second kappa shape index (κ2) is 4.99. The maximum atomic E-state index is 5.51. The molecule has 0 N–H and O–H groups in total. The van der Waals surface area contributed by atoms with Gasteiger partial charge >= 0.3 is 0 Å². The van der Waals surface area contributed by atoms with Crippen LogP contribution < -0.4 is 4.74 Å². The molecule has 0 aromatic heterocycles. The summed E-state index contributed by atoms with van der Waals surface area (Å²) in [6, 6.07) is 8.03. The van der Waals surface area contributed by atoms with E-state index in [1.54, 1.807) is 7.11 Å². The Morgan fingerprint density at radius 1 is 1.33 bits per heavy atom. The minimum absolute atomic E-state index is 0.312. The number of methoxy groups -OCH3 is 1. The van der Waals surface area contributed by atoms with Gasteiger partial charge in [0.05, 0.1) is 13.2 Å². The topological polar surface area (TPSA) is 18.5 Å². The van der Waals surface area contributed by atoms with Crippen LogP contribution in [0.3, 0.4) is 0 Å². The third kappa shape index (κ3) is 2.83. The summed E-state index contributed by atoms with van der Waals surface area (Å²) in [5, 5.41) is 0. The Kier molecular flexibility index (Phi) is 3.41. The zero-order valence-electron chi connectivity index (χ0n) is 8.98. The van der Waals surface area contributed by atoms with E-state index in [9.17, 15) is 0 Å². The lowest BCUT2D eigenvalue weighted by molar-refractivity contribution is 0.146. The van der Waals surface area contributed by atoms with E-state index < -0.39 is 0 Å². The Morgan fingerprint density at radius 2 is 2.13 bits per heavy atom. The van der Waals surface area contributed by atoms with Gasteiger partial charge in [-0.25, -0.2) is 0 Å². The largest absolute Gasteiger partial charge is 0.497 e. The van der Waals surface area contributed by atoms with Gasteiger partial charge in [-0.1, -0.05) is 24.3 Å². The van der Waals surface area contributed by atoms with Crippen LogP contribution >= 0.6 is 0 Å². The Hall–Kier alpha value is -1.28. The molecule has 1 unspecified atom stereocenters. The summed E-state index contributed by atoms with van der Waals surface area (Å²) in [7, 11) is 1.68. The lowest BCUT2D eigenvalue weighted by Crippen LogP contribution is -1.98. The molecule has 2 heteroatoms. The Bertz CT molecular complexity index is 321. The molecule has 0 bridgehead atoms. The van der Waals surface area contributed by atoms with E-state index in [1.807, 2.05) is 24.3 Å². The molecule has 0 saturated carbocycles. The molecule has 80 valence electrons. The number of rotatable bonds is 3. The van der Waals surface area contributed by atoms with Crippen molar-refractivity contribution in [3.63, 3.8) is 0 Å². The molecule has 1 aromatic rings. The molecule has 1 aliphatic heterocycles. The summed E-state index contributed by atoms with van der Waals surface area (Å²) in [5.74, 6) is 0.893. The van der Waals surface area contributed by atoms with Gasteiger partial charge in [-0.05, 0) is 30.5 Å². The SMILES string of the molecule is COc1ccc(C=CC2CCCO2)cc1. The molecule has 2 rings (SSSR count). The molecule has 1 aliphatic rings. The first-order valence-corrected chi connectivity index (χ1v) is 5.32. The Balaban J connectivity index is 1.97. The van der Waals surface area contributed by atoms with Gasteiger partial charge in [0.2, 0.25) is 0 Å². The standard InChI is InChI=1S/C13H16O2/c1-14-12-7-4-11(5-8-12)6-9-13-3-2-10-15-13/h4-9,13H,2-3,10H2,1H3. The number of ether oxygens (including phenoxy) is 2. The van der Waals surface area contributed by atoms with Crippen molar-refractivity contribution in [1.29, 1.82) is 0 Å². The van der Waals surface area contributed by atoms with Crippen LogP contribution in [0.1, 0.15) is 18.4 Å². The summed E-state index contributed by atoms with van der Waals surface area (Å²) in [6.07, 6.45) is 6.88. The summed E-state index contributed by atoms with van der Waals surface area (Å²) in [6.45, 7) is 0.900. The second-order valence-electron chi connectivity index (χ2n) is 3.68. The predicted octanol–water partition coefficient (Wildman–Crippen LogP) is 2.89. The Morgan fingerprint density at radius 3 is 2.73 bits per heavy atom. The first-order chi connectivity index (χ1) is 7.38. The van der Waals surface area contributed by atoms with Crippen molar-refractivity contribution >= 4 is 6.08 Å². The maximum absolute atomic E-state index is 5.51. The summed E-state index contributed by atoms with van der Waals surface area (Å²) in [5.41, 5.74) is 1.19. The average molecular weight is 204 g/mol. The molecule has 0 aliphatic carbocycles. The monoisotopic (exact) mass is 204 g/mol. The molecule has 0 radical (unpaired) electrons. The highest BCUT2D eigenvalue weighted by molar-refractivity contribution is 5.51. The van der Waals surface area contributed by atoms with Crippen LogP contribution in [0.25, 0.3) is 6.08 Å². The van der Waals surface area contributed by atoms with E-state index in [4.69, 9.17) is 9.47 Å². The van der Waals surface area contributed by atoms with Gasteiger partial charge in [-0.15, -0.1) is 0 Å². The Labute approximate surface area is 90.5 Å². The van der Waals surface area contributed by atoms with Crippen LogP contribution in [0.5, 0.6) is 5.75 Å². The molecule has 0 spiro atoms. The van der Waals surface area contributed by atoms with Crippen LogP contribution in [0.4, 0.5) is 0 Å². The highest BCUT2D eigenvalue weighted by atomic mass is 16.5. The molecular formula is C13H16O2. The van der Waals surface area contributed by atoms with Crippen molar-refractivity contribution in [2.75, 3.05) is 13.7 Å². The van der Waals surface area contributed by atoms with E-state index in [2.05, 4.69) is 12.2 Å². The van der Waals surface area contributed by atoms with E-state index in [-0.39, 0.29) is 0 Å². The molecular weight excluding hydrogens is 188 g/mol. The summed E-state index contributed by atoms with van der Waals surface area (Å²) >= 11 is 0. The fraction of sp³-hybridized carbons (Fsp3) is 0.385. The van der Waals surface area contributed by atoms with Crippen molar-refractivity contribution in [3.05, 3.63) is 35.9 Å². The normalized spacial score (nSPS) is 21.0. The van der Waals surface area contributed by atoms with Crippen molar-refractivity contribution < 1.29 is 9.47 Å². The van der Waals surface area contributed by atoms with Crippen molar-refractivity contribution in [2.45, 2.75) is 18.9 Å². The van der Waals surface area contributed by atoms with Gasteiger partial charge in [0.1, 0.15) is 5.75 Å². The fourth-order valence-electron chi connectivity index (χ4n) is 1.69. The van der Waals surface area contributed by atoms with Crippen LogP contribution in [-0.4, -0.2) is 19.8 Å². The van der Waals surface area contributed by atoms with E-state index in [1.165, 1.54) is 12.0 Å². The minimum atomic E-state index is 0.312. The van der Waals surface area contributed by atoms with Gasteiger partial charge in [0, 0.05) is 6.61 Å². The molecule has 1 aromatic carbocycles. The van der Waals surface area contributed by atoms with Crippen LogP contribution in [0.2, 0.25) is 0 Å². The smallest absolute Gasteiger partial charge is 0.118 e. The fourth-order valence-corrected chi connectivity index (χ4v) is 1.69. The zero-order chi connectivity index (χ0) is 10.5. The lowest BCUT2D eigenvalue weighted by Gasteiger charge is -2.02. The average Bonchev–Trinajstić information content (AvgIpc) is 2.80. The molecule has 15 heavy (non-hydrogen) atoms. The van der Waals surface area contributed by atoms with Crippen molar-refractivity contribution in [2.24, 2.45) is 0 Å². The van der Waals surface area contributed by atoms with E-state index in [0.29, 0.717) is 6.10 Å². The molecule has 1 saturated heterocycles. The van der Waals surface area contributed by atoms with Crippen LogP contribution in [0.15, 0.2) is 30.3 Å². The molecule has 1 heterocycles. The predicted molar refractivity (Wildman–Crippen MR) is 61.0 cm³/mol. The molecule has 1 atom stereocenters. The number of benzene rings is 1. The van der Waals surface area contributed by atoms with Gasteiger partial charge in [0.25, 0.3) is 0 Å². The quantitative estimate of drug-likeness (QED) is 0.753. The van der Waals surface area contributed by atoms with Gasteiger partial charge < -0.3 is 9.47 Å². The molecule has 2 nitrogen and oxygen atoms in total. The summed E-state index contributed by atoms with van der Waals surface area (Å²) < 4.78 is 10.6. The number of hydrogen-bond acceptors (Lipinski definition) is 2. The number of hydrogen-bond donors (Lipinski definition) is 0. The maximum Gasteiger partial charge on any atom is 0.118 e. The van der Waals surface area contributed by atoms with Crippen molar-refractivity contribution in [1.82, 2.24) is 0 Å². The first-order valence-electron chi connectivity index (χ1n) is 5.32. The highest BCUT2D eigenvalue weighted by Crippen LogP contribution is 2.16. The van der Waals surface area contributed by atoms with Crippen LogP contribution in [0, 0.1) is 0 Å². The zero-order valence-corrected chi connectivity index (χ0v) is 8.98. The van der Waals surface area contributed by atoms with E-state index in [0.717, 1.165) is 18.8 Å². The summed E-state index contributed by atoms with van der Waals surface area (Å²) in [4.78, 5) is 0. The van der Waals surface area contributed by atoms with Crippen LogP contribution in [-0.2, 0) is 4.74 Å². The second-order valence-corrected chi connectivity index (χ2v) is 3.68. The first kappa shape index (κ1) is 10.2.